The number of pyridine rings is 2. The molecule has 3 aromatic heterocycles. The van der Waals surface area contributed by atoms with E-state index in [0.717, 1.165) is 21.6 Å². The number of carbonyl (C=O) groups is 1. The summed E-state index contributed by atoms with van der Waals surface area (Å²) >= 11 is 7.55. The van der Waals surface area contributed by atoms with E-state index in [1.165, 1.54) is 18.4 Å². The van der Waals surface area contributed by atoms with Crippen LogP contribution in [0.5, 0.6) is 0 Å². The van der Waals surface area contributed by atoms with Gasteiger partial charge in [0, 0.05) is 18.9 Å². The summed E-state index contributed by atoms with van der Waals surface area (Å²) in [4.78, 5) is 32.9. The zero-order chi connectivity index (χ0) is 22.7. The highest BCUT2D eigenvalue weighted by Gasteiger charge is 2.15. The Morgan fingerprint density at radius 2 is 2.06 bits per heavy atom. The molecule has 1 aromatic carbocycles. The van der Waals surface area contributed by atoms with Crippen molar-refractivity contribution in [2.24, 2.45) is 0 Å². The molecule has 0 aliphatic carbocycles. The summed E-state index contributed by atoms with van der Waals surface area (Å²) in [6, 6.07) is 12.4. The van der Waals surface area contributed by atoms with Crippen LogP contribution in [0.15, 0.2) is 48.7 Å². The summed E-state index contributed by atoms with van der Waals surface area (Å²) in [6.45, 7) is -0.0617. The van der Waals surface area contributed by atoms with E-state index in [-0.39, 0.29) is 6.61 Å². The summed E-state index contributed by atoms with van der Waals surface area (Å²) in [6.07, 6.45) is 1.62. The van der Waals surface area contributed by atoms with Crippen molar-refractivity contribution in [3.63, 3.8) is 0 Å². The van der Waals surface area contributed by atoms with Gasteiger partial charge in [0.05, 0.1) is 24.3 Å². The van der Waals surface area contributed by atoms with Crippen molar-refractivity contribution in [3.05, 3.63) is 64.8 Å². The Morgan fingerprint density at radius 1 is 1.22 bits per heavy atom. The van der Waals surface area contributed by atoms with Gasteiger partial charge in [-0.05, 0) is 48.0 Å². The first-order valence-corrected chi connectivity index (χ1v) is 10.6. The predicted octanol–water partition coefficient (Wildman–Crippen LogP) is 4.03. The number of aliphatic hydroxyl groups is 1. The fraction of sp³-hybridized carbons (Fsp3) is 0.143. The van der Waals surface area contributed by atoms with Gasteiger partial charge < -0.3 is 15.3 Å². The molecule has 0 atom stereocenters. The molecule has 0 saturated carbocycles. The zero-order valence-electron chi connectivity index (χ0n) is 17.2. The summed E-state index contributed by atoms with van der Waals surface area (Å²) in [5.74, 6) is 0.831. The Hall–Kier alpha value is -3.31. The van der Waals surface area contributed by atoms with Crippen LogP contribution in [0.1, 0.15) is 15.9 Å². The number of nitrogens with zero attached hydrogens (tertiary/aromatic N) is 4. The lowest BCUT2D eigenvalue weighted by atomic mass is 10.1. The lowest BCUT2D eigenvalue weighted by Gasteiger charge is -2.19. The Balaban J connectivity index is 1.60. The molecule has 0 fully saturated rings. The second kappa shape index (κ2) is 9.45. The summed E-state index contributed by atoms with van der Waals surface area (Å²) < 4.78 is 0. The second-order valence-corrected chi connectivity index (χ2v) is 8.09. The van der Waals surface area contributed by atoms with E-state index in [4.69, 9.17) is 21.4 Å². The van der Waals surface area contributed by atoms with E-state index in [0.29, 0.717) is 27.4 Å². The van der Waals surface area contributed by atoms with E-state index in [1.807, 2.05) is 24.1 Å². The van der Waals surface area contributed by atoms with Gasteiger partial charge in [-0.2, -0.15) is 0 Å². The molecule has 11 heteroatoms. The Labute approximate surface area is 192 Å². The van der Waals surface area contributed by atoms with Crippen LogP contribution in [0.25, 0.3) is 10.3 Å². The van der Waals surface area contributed by atoms with Gasteiger partial charge in [0.25, 0.3) is 5.91 Å². The fourth-order valence-corrected chi connectivity index (χ4v) is 4.02. The van der Waals surface area contributed by atoms with E-state index in [2.05, 4.69) is 20.8 Å². The number of carbonyl (C=O) groups excluding carboxylic acids is 1. The Morgan fingerprint density at radius 3 is 2.84 bits per heavy atom. The monoisotopic (exact) mass is 470 g/mol. The molecular weight excluding hydrogens is 452 g/mol. The molecule has 0 bridgehead atoms. The van der Waals surface area contributed by atoms with Gasteiger partial charge in [-0.15, -0.1) is 0 Å². The number of aromatic nitrogens is 3. The van der Waals surface area contributed by atoms with Crippen LogP contribution in [0, 0.1) is 0 Å². The Kier molecular flexibility index (Phi) is 6.47. The highest BCUT2D eigenvalue weighted by Crippen LogP contribution is 2.31. The number of hydrogen-bond acceptors (Lipinski definition) is 9. The maximum atomic E-state index is 12.2. The molecule has 3 N–H and O–H groups in total. The number of aliphatic hydroxyl groups excluding tert-OH is 1. The van der Waals surface area contributed by atoms with Crippen molar-refractivity contribution in [3.8, 4) is 0 Å². The minimum absolute atomic E-state index is 0.0617. The lowest BCUT2D eigenvalue weighted by molar-refractivity contribution is 0.0538. The Bertz CT molecular complexity index is 1280. The molecule has 0 spiro atoms. The highest BCUT2D eigenvalue weighted by atomic mass is 35.5. The third-order valence-electron chi connectivity index (χ3n) is 4.60. The number of hydrogen-bond donors (Lipinski definition) is 3. The number of thiazole rings is 1. The molecule has 0 aliphatic rings. The first kappa shape index (κ1) is 21.9. The van der Waals surface area contributed by atoms with E-state index in [9.17, 15) is 9.90 Å². The zero-order valence-corrected chi connectivity index (χ0v) is 18.7. The van der Waals surface area contributed by atoms with E-state index in [1.54, 1.807) is 36.5 Å². The third kappa shape index (κ3) is 4.63. The molecule has 0 aliphatic heterocycles. The van der Waals surface area contributed by atoms with Crippen molar-refractivity contribution in [1.82, 2.24) is 20.4 Å². The standard InChI is InChI=1S/C21H19ClN6O3S/c1-28(13-3-4-15(22)14(10-13)19(30)27-31-2)18-6-5-16-20(26-18)32-21(24-16)25-17-9-12(11-29)7-8-23-17/h3-10,29H,11H2,1-2H3,(H,27,30)(H,23,24,25). The maximum Gasteiger partial charge on any atom is 0.276 e. The van der Waals surface area contributed by atoms with Crippen LogP contribution in [0.3, 0.4) is 0 Å². The number of anilines is 4. The van der Waals surface area contributed by atoms with Gasteiger partial charge in [0.1, 0.15) is 22.0 Å². The number of fused-ring (bicyclic) bond motifs is 1. The molecule has 9 nitrogen and oxygen atoms in total. The van der Waals surface area contributed by atoms with E-state index >= 15 is 0 Å². The van der Waals surface area contributed by atoms with Crippen LogP contribution in [0.4, 0.5) is 22.5 Å². The smallest absolute Gasteiger partial charge is 0.276 e. The van der Waals surface area contributed by atoms with Gasteiger partial charge in [0.2, 0.25) is 0 Å². The number of benzene rings is 1. The first-order chi connectivity index (χ1) is 15.5. The third-order valence-corrected chi connectivity index (χ3v) is 5.81. The van der Waals surface area contributed by atoms with Crippen molar-refractivity contribution in [1.29, 1.82) is 0 Å². The van der Waals surface area contributed by atoms with Gasteiger partial charge in [-0.3, -0.25) is 9.63 Å². The minimum atomic E-state index is -0.437. The van der Waals surface area contributed by atoms with Crippen molar-refractivity contribution in [2.75, 3.05) is 24.4 Å². The average molecular weight is 471 g/mol. The molecule has 3 heterocycles. The largest absolute Gasteiger partial charge is 0.392 e. The molecule has 0 unspecified atom stereocenters. The first-order valence-electron chi connectivity index (χ1n) is 9.45. The SMILES string of the molecule is CONC(=O)c1cc(N(C)c2ccc3nc(Nc4cc(CO)ccn4)sc3n2)ccc1Cl. The minimum Gasteiger partial charge on any atom is -0.392 e. The van der Waals surface area contributed by atoms with Crippen molar-refractivity contribution in [2.45, 2.75) is 6.61 Å². The van der Waals surface area contributed by atoms with Crippen LogP contribution >= 0.6 is 22.9 Å². The lowest BCUT2D eigenvalue weighted by Crippen LogP contribution is -2.22. The van der Waals surface area contributed by atoms with Crippen LogP contribution in [0.2, 0.25) is 5.02 Å². The molecule has 0 saturated heterocycles. The number of rotatable bonds is 7. The molecule has 1 amide bonds. The van der Waals surface area contributed by atoms with Crippen molar-refractivity contribution < 1.29 is 14.7 Å². The fourth-order valence-electron chi connectivity index (χ4n) is 2.97. The quantitative estimate of drug-likeness (QED) is 0.347. The summed E-state index contributed by atoms with van der Waals surface area (Å²) in [5, 5.41) is 13.4. The van der Waals surface area contributed by atoms with Crippen LogP contribution in [-0.2, 0) is 11.4 Å². The van der Waals surface area contributed by atoms with Gasteiger partial charge in [0.15, 0.2) is 5.13 Å². The molecule has 164 valence electrons. The van der Waals surface area contributed by atoms with Gasteiger partial charge in [-0.25, -0.2) is 20.4 Å². The molecule has 4 aromatic rings. The molecule has 0 radical (unpaired) electrons. The average Bonchev–Trinajstić information content (AvgIpc) is 3.20. The van der Waals surface area contributed by atoms with Crippen LogP contribution in [-0.4, -0.2) is 40.1 Å². The predicted molar refractivity (Wildman–Crippen MR) is 125 cm³/mol. The molecule has 4 rings (SSSR count). The second-order valence-electron chi connectivity index (χ2n) is 6.70. The number of nitrogens with one attached hydrogen (secondary N) is 2. The number of halogens is 1. The normalized spacial score (nSPS) is 10.9. The van der Waals surface area contributed by atoms with Gasteiger partial charge in [-0.1, -0.05) is 22.9 Å². The number of hydroxylamine groups is 1. The van der Waals surface area contributed by atoms with Crippen molar-refractivity contribution >= 4 is 61.6 Å². The number of amides is 1. The van der Waals surface area contributed by atoms with Gasteiger partial charge >= 0.3 is 0 Å². The van der Waals surface area contributed by atoms with E-state index < -0.39 is 5.91 Å². The topological polar surface area (TPSA) is 112 Å². The highest BCUT2D eigenvalue weighted by molar-refractivity contribution is 7.21. The summed E-state index contributed by atoms with van der Waals surface area (Å²) in [5.41, 5.74) is 4.79. The summed E-state index contributed by atoms with van der Waals surface area (Å²) in [7, 11) is 3.21. The maximum absolute atomic E-state index is 12.2. The van der Waals surface area contributed by atoms with Crippen LogP contribution < -0.4 is 15.7 Å². The molecular formula is C21H19ClN6O3S. The molecule has 32 heavy (non-hydrogen) atoms.